The topological polar surface area (TPSA) is 95.8 Å². The van der Waals surface area contributed by atoms with Crippen molar-refractivity contribution in [1.29, 1.82) is 0 Å². The van der Waals surface area contributed by atoms with E-state index >= 15 is 0 Å². The van der Waals surface area contributed by atoms with Gasteiger partial charge in [-0.05, 0) is 89.4 Å². The molecule has 2 heterocycles. The lowest BCUT2D eigenvalue weighted by Crippen LogP contribution is -2.18. The molecule has 0 atom stereocenters. The van der Waals surface area contributed by atoms with Gasteiger partial charge in [-0.3, -0.25) is 0 Å². The van der Waals surface area contributed by atoms with E-state index in [-0.39, 0.29) is 46.4 Å². The van der Waals surface area contributed by atoms with Crippen LogP contribution in [-0.2, 0) is 73.1 Å². The van der Waals surface area contributed by atoms with Gasteiger partial charge in [0.15, 0.2) is 0 Å². The molecule has 6 rings (SSSR count). The summed E-state index contributed by atoms with van der Waals surface area (Å²) in [6.45, 7) is 30.1. The number of phenolic OH excluding ortho intramolecular Hbond substituents is 2. The zero-order valence-corrected chi connectivity index (χ0v) is 39.2. The predicted molar refractivity (Wildman–Crippen MR) is 244 cm³/mol. The second kappa shape index (κ2) is 18.7. The Bertz CT molecular complexity index is 2160. The van der Waals surface area contributed by atoms with E-state index in [9.17, 15) is 10.2 Å². The second-order valence-corrected chi connectivity index (χ2v) is 21.1. The van der Waals surface area contributed by atoms with E-state index in [0.717, 1.165) is 78.3 Å². The highest BCUT2D eigenvalue weighted by atomic mass is 16.6. The first-order chi connectivity index (χ1) is 28.6. The van der Waals surface area contributed by atoms with E-state index in [2.05, 4.69) is 132 Å². The molecule has 0 unspecified atom stereocenters. The molecule has 2 aliphatic heterocycles. The molecular weight excluding hydrogens is 765 g/mol. The summed E-state index contributed by atoms with van der Waals surface area (Å²) in [5.41, 5.74) is 10.8. The summed E-state index contributed by atoms with van der Waals surface area (Å²) in [5.74, 6) is 1.95. The van der Waals surface area contributed by atoms with Crippen LogP contribution >= 0.6 is 0 Å². The Morgan fingerprint density at radius 2 is 0.590 bits per heavy atom. The molecule has 0 aliphatic carbocycles. The van der Waals surface area contributed by atoms with Gasteiger partial charge in [0.1, 0.15) is 36.2 Å². The molecule has 0 saturated heterocycles. The van der Waals surface area contributed by atoms with Crippen molar-refractivity contribution in [3.05, 3.63) is 115 Å². The molecule has 0 saturated carbocycles. The Kier molecular flexibility index (Phi) is 14.2. The molecule has 0 aromatic heterocycles. The van der Waals surface area contributed by atoms with Gasteiger partial charge in [0.25, 0.3) is 0 Å². The van der Waals surface area contributed by atoms with Crippen LogP contribution in [0.4, 0.5) is 0 Å². The van der Waals surface area contributed by atoms with E-state index in [0.29, 0.717) is 72.1 Å². The number of rotatable bonds is 0. The van der Waals surface area contributed by atoms with Crippen molar-refractivity contribution < 1.29 is 38.6 Å². The fourth-order valence-electron chi connectivity index (χ4n) is 7.98. The average molecular weight is 837 g/mol. The minimum Gasteiger partial charge on any atom is -0.507 e. The first-order valence-corrected chi connectivity index (χ1v) is 22.2. The van der Waals surface area contributed by atoms with E-state index in [1.54, 1.807) is 0 Å². The van der Waals surface area contributed by atoms with Crippen LogP contribution in [0.25, 0.3) is 0 Å². The SMILES string of the molecule is CC(C)(C)c1cc2c(O)c(c1)Cc1cc(C(C)(C)C)cc3c1OCCOCCOCCOCCOc1c(cc(C(C)(C)C)cc1Cc1cc(C(C)(C)C)cc(c1O)C3)COC2. The number of hydrogen-bond donors (Lipinski definition) is 2. The van der Waals surface area contributed by atoms with Gasteiger partial charge in [0.2, 0.25) is 0 Å². The summed E-state index contributed by atoms with van der Waals surface area (Å²) < 4.78 is 37.9. The zero-order valence-electron chi connectivity index (χ0n) is 39.2. The lowest BCUT2D eigenvalue weighted by atomic mass is 9.80. The number of ether oxygens (including phenoxy) is 6. The fourth-order valence-corrected chi connectivity index (χ4v) is 7.98. The summed E-state index contributed by atoms with van der Waals surface area (Å²) in [5, 5.41) is 24.7. The van der Waals surface area contributed by atoms with E-state index in [1.165, 1.54) is 0 Å². The van der Waals surface area contributed by atoms with Crippen LogP contribution in [0.2, 0.25) is 0 Å². The van der Waals surface area contributed by atoms with Gasteiger partial charge in [-0.25, -0.2) is 0 Å². The smallest absolute Gasteiger partial charge is 0.128 e. The zero-order chi connectivity index (χ0) is 44.3. The molecule has 8 heteroatoms. The monoisotopic (exact) mass is 837 g/mol. The van der Waals surface area contributed by atoms with Crippen LogP contribution in [0.15, 0.2) is 48.5 Å². The van der Waals surface area contributed by atoms with Crippen molar-refractivity contribution in [2.45, 2.75) is 137 Å². The lowest BCUT2D eigenvalue weighted by molar-refractivity contribution is 0.00471. The second-order valence-electron chi connectivity index (χ2n) is 21.1. The van der Waals surface area contributed by atoms with Crippen LogP contribution in [0.1, 0.15) is 150 Å². The van der Waals surface area contributed by atoms with Gasteiger partial charge >= 0.3 is 0 Å². The van der Waals surface area contributed by atoms with Gasteiger partial charge in [-0.2, -0.15) is 0 Å². The molecule has 0 amide bonds. The third-order valence-electron chi connectivity index (χ3n) is 11.8. The van der Waals surface area contributed by atoms with Gasteiger partial charge in [-0.1, -0.05) is 119 Å². The molecule has 0 radical (unpaired) electrons. The minimum absolute atomic E-state index is 0.184. The summed E-state index contributed by atoms with van der Waals surface area (Å²) in [6, 6.07) is 17.4. The molecule has 332 valence electrons. The standard InChI is InChI=1S/C53H72O8/c1-50(2,3)42-24-34-21-37-27-44(52(7,8)9)28-38-23-36-26-43(51(4,5)6)30-40(47(36)55)32-59-33-41-31-45(53(10,11)12)29-39(22-35(25-42)46(34)54)49(41)61-20-18-58-16-14-56-13-15-57-17-19-60-48(37)38/h24-31,54-55H,13-23,32-33H2,1-12H3. The molecule has 2 aliphatic rings. The van der Waals surface area contributed by atoms with Gasteiger partial charge < -0.3 is 38.6 Å². The molecule has 2 N–H and O–H groups in total. The highest BCUT2D eigenvalue weighted by Gasteiger charge is 2.28. The quantitative estimate of drug-likeness (QED) is 0.181. The van der Waals surface area contributed by atoms with Crippen LogP contribution in [0, 0.1) is 0 Å². The van der Waals surface area contributed by atoms with E-state index < -0.39 is 0 Å². The average Bonchev–Trinajstić information content (AvgIpc) is 3.15. The number of fused-ring (bicyclic) bond motifs is 2. The highest BCUT2D eigenvalue weighted by Crippen LogP contribution is 2.42. The maximum Gasteiger partial charge on any atom is 0.128 e. The van der Waals surface area contributed by atoms with E-state index in [1.807, 2.05) is 0 Å². The van der Waals surface area contributed by atoms with Gasteiger partial charge in [-0.15, -0.1) is 0 Å². The van der Waals surface area contributed by atoms with Crippen molar-refractivity contribution in [2.24, 2.45) is 0 Å². The number of benzene rings is 4. The van der Waals surface area contributed by atoms with Crippen molar-refractivity contribution in [3.63, 3.8) is 0 Å². The van der Waals surface area contributed by atoms with Crippen LogP contribution in [0.5, 0.6) is 23.0 Å². The van der Waals surface area contributed by atoms with Crippen molar-refractivity contribution in [3.8, 4) is 23.0 Å². The summed E-state index contributed by atoms with van der Waals surface area (Å²) in [6.07, 6.45) is 1.31. The Morgan fingerprint density at radius 1 is 0.328 bits per heavy atom. The lowest BCUT2D eigenvalue weighted by Gasteiger charge is -2.27. The largest absolute Gasteiger partial charge is 0.507 e. The summed E-state index contributed by atoms with van der Waals surface area (Å²) in [7, 11) is 0. The Morgan fingerprint density at radius 3 is 0.951 bits per heavy atom. The Balaban J connectivity index is 1.68. The van der Waals surface area contributed by atoms with Crippen molar-refractivity contribution in [1.82, 2.24) is 0 Å². The molecule has 61 heavy (non-hydrogen) atoms. The molecule has 0 fully saturated rings. The molecular formula is C53H72O8. The molecule has 4 aromatic rings. The molecule has 4 aromatic carbocycles. The Hall–Kier alpha value is -4.08. The first kappa shape index (κ1) is 46.4. The normalized spacial score (nSPS) is 16.8. The maximum atomic E-state index is 12.5. The van der Waals surface area contributed by atoms with Crippen molar-refractivity contribution in [2.75, 3.05) is 52.9 Å². The van der Waals surface area contributed by atoms with E-state index in [4.69, 9.17) is 28.4 Å². The predicted octanol–water partition coefficient (Wildman–Crippen LogP) is 10.9. The third-order valence-corrected chi connectivity index (χ3v) is 11.8. The Labute approximate surface area is 365 Å². The summed E-state index contributed by atoms with van der Waals surface area (Å²) >= 11 is 0. The third kappa shape index (κ3) is 11.7. The molecule has 10 bridgehead atoms. The minimum atomic E-state index is -0.200. The molecule has 8 nitrogen and oxygen atoms in total. The first-order valence-electron chi connectivity index (χ1n) is 22.2. The highest BCUT2D eigenvalue weighted by molar-refractivity contribution is 5.57. The van der Waals surface area contributed by atoms with Crippen LogP contribution in [0.3, 0.4) is 0 Å². The summed E-state index contributed by atoms with van der Waals surface area (Å²) in [4.78, 5) is 0. The van der Waals surface area contributed by atoms with Crippen LogP contribution < -0.4 is 9.47 Å². The van der Waals surface area contributed by atoms with Crippen LogP contribution in [-0.4, -0.2) is 63.1 Å². The number of hydrogen-bond acceptors (Lipinski definition) is 8. The number of aromatic hydroxyl groups is 2. The van der Waals surface area contributed by atoms with Gasteiger partial charge in [0, 0.05) is 30.4 Å². The fraction of sp³-hybridized carbons (Fsp3) is 0.547. The van der Waals surface area contributed by atoms with Gasteiger partial charge in [0.05, 0.1) is 52.9 Å². The number of phenols is 2. The maximum absolute atomic E-state index is 12.5. The molecule has 0 spiro atoms. The van der Waals surface area contributed by atoms with Crippen molar-refractivity contribution >= 4 is 0 Å².